The van der Waals surface area contributed by atoms with E-state index in [0.717, 1.165) is 28.4 Å². The van der Waals surface area contributed by atoms with Crippen LogP contribution in [0.2, 0.25) is 0 Å². The van der Waals surface area contributed by atoms with Crippen molar-refractivity contribution in [2.75, 3.05) is 7.05 Å². The van der Waals surface area contributed by atoms with Crippen LogP contribution in [0.5, 0.6) is 0 Å². The van der Waals surface area contributed by atoms with E-state index in [0.29, 0.717) is 14.3 Å². The van der Waals surface area contributed by atoms with Crippen LogP contribution in [-0.4, -0.2) is 33.9 Å². The summed E-state index contributed by atoms with van der Waals surface area (Å²) < 4.78 is 5.31. The molecule has 0 saturated carbocycles. The van der Waals surface area contributed by atoms with Crippen molar-refractivity contribution in [3.8, 4) is 12.1 Å². The number of likely N-dealkylation sites (N-methyl/N-ethyl adjacent to an activating group) is 1. The maximum absolute atomic E-state index is 11.9. The molecule has 0 atom stereocenters. The fourth-order valence-electron chi connectivity index (χ4n) is 1.55. The molecule has 2 aliphatic rings. The summed E-state index contributed by atoms with van der Waals surface area (Å²) in [7, 11) is 1.31. The van der Waals surface area contributed by atoms with Crippen LogP contribution < -0.4 is 0 Å². The summed E-state index contributed by atoms with van der Waals surface area (Å²) in [5.74, 6) is -0.641. The molecule has 102 valence electrons. The van der Waals surface area contributed by atoms with Gasteiger partial charge in [0.2, 0.25) is 5.76 Å². The minimum absolute atomic E-state index is 0.0811. The van der Waals surface area contributed by atoms with E-state index < -0.39 is 12.0 Å². The molecule has 1 saturated heterocycles. The van der Waals surface area contributed by atoms with E-state index in [1.807, 2.05) is 0 Å². The molecule has 0 N–H and O–H groups in total. The van der Waals surface area contributed by atoms with Crippen molar-refractivity contribution < 1.29 is 14.3 Å². The average Bonchev–Trinajstić information content (AvgIpc) is 3.01. The first kappa shape index (κ1) is 13.4. The van der Waals surface area contributed by atoms with Crippen LogP contribution in [0.3, 0.4) is 0 Å². The molecule has 0 aromatic carbocycles. The first-order valence-electron chi connectivity index (χ1n) is 5.37. The number of nitriles is 2. The van der Waals surface area contributed by atoms with Crippen molar-refractivity contribution in [3.05, 3.63) is 21.4 Å². The van der Waals surface area contributed by atoms with Crippen molar-refractivity contribution in [1.29, 1.82) is 10.5 Å². The molecule has 3 rings (SSSR count). The number of ether oxygens (including phenoxy) is 1. The van der Waals surface area contributed by atoms with Crippen molar-refractivity contribution in [3.63, 3.8) is 0 Å². The zero-order valence-electron chi connectivity index (χ0n) is 10.3. The van der Waals surface area contributed by atoms with Gasteiger partial charge in [-0.2, -0.15) is 10.5 Å². The van der Waals surface area contributed by atoms with Gasteiger partial charge in [-0.3, -0.25) is 4.79 Å². The number of thioether (sulfide) groups is 2. The summed E-state index contributed by atoms with van der Waals surface area (Å²) in [5.41, 5.74) is -0.162. The van der Waals surface area contributed by atoms with Gasteiger partial charge < -0.3 is 4.74 Å². The van der Waals surface area contributed by atoms with Gasteiger partial charge in [-0.25, -0.2) is 19.7 Å². The molecule has 0 spiro atoms. The van der Waals surface area contributed by atoms with E-state index in [1.165, 1.54) is 7.05 Å². The molecule has 2 amide bonds. The van der Waals surface area contributed by atoms with E-state index in [-0.39, 0.29) is 17.1 Å². The maximum atomic E-state index is 11.9. The van der Waals surface area contributed by atoms with Gasteiger partial charge in [0, 0.05) is 7.05 Å². The van der Waals surface area contributed by atoms with E-state index in [2.05, 4.69) is 9.97 Å². The highest BCUT2D eigenvalue weighted by atomic mass is 32.2. The normalized spacial score (nSPS) is 16.6. The topological polar surface area (TPSA) is 120 Å². The number of nitrogens with zero attached hydrogens (tertiary/aromatic N) is 5. The fraction of sp³-hybridized carbons (Fsp3) is 0.0909. The minimum atomic E-state index is -0.754. The first-order chi connectivity index (χ1) is 10.0. The molecule has 8 nitrogen and oxygen atoms in total. The molecule has 0 radical (unpaired) electrons. The molecule has 0 bridgehead atoms. The van der Waals surface area contributed by atoms with Crippen LogP contribution in [0.1, 0.15) is 11.4 Å². The SMILES string of the molecule is CN1C(=O)OC(=C2Sc3nc(C#N)c(C#N)nc3S2)C1=O. The molecular weight excluding hydrogens is 314 g/mol. The Kier molecular flexibility index (Phi) is 3.05. The predicted molar refractivity (Wildman–Crippen MR) is 69.5 cm³/mol. The van der Waals surface area contributed by atoms with E-state index in [4.69, 9.17) is 15.3 Å². The van der Waals surface area contributed by atoms with Crippen molar-refractivity contribution in [1.82, 2.24) is 14.9 Å². The number of carbonyl (C=O) groups is 2. The number of rotatable bonds is 0. The number of hydrogen-bond donors (Lipinski definition) is 0. The zero-order chi connectivity index (χ0) is 15.1. The monoisotopic (exact) mass is 317 g/mol. The lowest BCUT2D eigenvalue weighted by Crippen LogP contribution is -2.23. The summed E-state index contributed by atoms with van der Waals surface area (Å²) in [4.78, 5) is 32.1. The molecule has 0 aliphatic carbocycles. The number of amides is 2. The highest BCUT2D eigenvalue weighted by Gasteiger charge is 2.39. The lowest BCUT2D eigenvalue weighted by molar-refractivity contribution is -0.122. The number of carbonyl (C=O) groups excluding carboxylic acids is 2. The van der Waals surface area contributed by atoms with Gasteiger partial charge in [-0.15, -0.1) is 0 Å². The first-order valence-corrected chi connectivity index (χ1v) is 7.00. The van der Waals surface area contributed by atoms with Crippen LogP contribution in [0.15, 0.2) is 20.0 Å². The third-order valence-corrected chi connectivity index (χ3v) is 4.90. The Morgan fingerprint density at radius 2 is 1.62 bits per heavy atom. The standard InChI is InChI=1S/C11H3N5O3S2/c1-16-9(17)6(19-11(16)18)10-20-7-8(21-10)15-5(3-13)4(2-12)14-7/h1H3. The number of hydrogen-bond acceptors (Lipinski definition) is 9. The molecular formula is C11H3N5O3S2. The van der Waals surface area contributed by atoms with Crippen LogP contribution in [0.4, 0.5) is 4.79 Å². The minimum Gasteiger partial charge on any atom is -0.402 e. The third kappa shape index (κ3) is 2.01. The second kappa shape index (κ2) is 4.77. The van der Waals surface area contributed by atoms with Gasteiger partial charge in [0.05, 0.1) is 0 Å². The Bertz CT molecular complexity index is 775. The second-order valence-corrected chi connectivity index (χ2v) is 6.06. The molecule has 2 aliphatic heterocycles. The molecule has 10 heteroatoms. The van der Waals surface area contributed by atoms with Gasteiger partial charge in [0.1, 0.15) is 26.4 Å². The highest BCUT2D eigenvalue weighted by molar-refractivity contribution is 8.24. The molecule has 0 unspecified atom stereocenters. The second-order valence-electron chi connectivity index (χ2n) is 3.81. The fourth-order valence-corrected chi connectivity index (χ4v) is 3.77. The van der Waals surface area contributed by atoms with Crippen molar-refractivity contribution in [2.45, 2.75) is 10.1 Å². The van der Waals surface area contributed by atoms with Crippen molar-refractivity contribution >= 4 is 35.5 Å². The van der Waals surface area contributed by atoms with Crippen molar-refractivity contribution in [2.24, 2.45) is 0 Å². The molecule has 1 aromatic heterocycles. The summed E-state index contributed by atoms with van der Waals surface area (Å²) in [6.45, 7) is 0. The number of aromatic nitrogens is 2. The van der Waals surface area contributed by atoms with Gasteiger partial charge in [0.25, 0.3) is 0 Å². The lowest BCUT2D eigenvalue weighted by Gasteiger charge is -1.97. The molecule has 3 heterocycles. The largest absolute Gasteiger partial charge is 0.422 e. The summed E-state index contributed by atoms with van der Waals surface area (Å²) in [6, 6.07) is 3.58. The van der Waals surface area contributed by atoms with Gasteiger partial charge in [-0.05, 0) is 0 Å². The smallest absolute Gasteiger partial charge is 0.402 e. The Hall–Kier alpha value is -2.56. The summed E-state index contributed by atoms with van der Waals surface area (Å²) in [6.07, 6.45) is -0.754. The van der Waals surface area contributed by atoms with Crippen LogP contribution in [0.25, 0.3) is 0 Å². The zero-order valence-corrected chi connectivity index (χ0v) is 11.9. The average molecular weight is 317 g/mol. The van der Waals surface area contributed by atoms with Crippen LogP contribution in [-0.2, 0) is 9.53 Å². The quantitative estimate of drug-likeness (QED) is 0.649. The number of cyclic esters (lactones) is 1. The maximum Gasteiger partial charge on any atom is 0.422 e. The van der Waals surface area contributed by atoms with Gasteiger partial charge in [-0.1, -0.05) is 23.5 Å². The lowest BCUT2D eigenvalue weighted by atomic mass is 10.3. The number of imide groups is 1. The van der Waals surface area contributed by atoms with Crippen LogP contribution in [0, 0.1) is 22.7 Å². The number of fused-ring (bicyclic) bond motifs is 1. The Morgan fingerprint density at radius 3 is 2.00 bits per heavy atom. The van der Waals surface area contributed by atoms with E-state index in [9.17, 15) is 9.59 Å². The van der Waals surface area contributed by atoms with Gasteiger partial charge >= 0.3 is 12.0 Å². The van der Waals surface area contributed by atoms with Gasteiger partial charge in [0.15, 0.2) is 11.4 Å². The van der Waals surface area contributed by atoms with E-state index in [1.54, 1.807) is 12.1 Å². The third-order valence-electron chi connectivity index (χ3n) is 2.57. The molecule has 1 aromatic rings. The van der Waals surface area contributed by atoms with E-state index >= 15 is 0 Å². The predicted octanol–water partition coefficient (Wildman–Crippen LogP) is 1.20. The Morgan fingerprint density at radius 1 is 1.10 bits per heavy atom. The Labute approximate surface area is 126 Å². The Balaban J connectivity index is 2.04. The molecule has 1 fully saturated rings. The molecule has 21 heavy (non-hydrogen) atoms. The summed E-state index contributed by atoms with van der Waals surface area (Å²) >= 11 is 2.15. The summed E-state index contributed by atoms with van der Waals surface area (Å²) in [5, 5.41) is 18.6. The highest BCUT2D eigenvalue weighted by Crippen LogP contribution is 2.51. The van der Waals surface area contributed by atoms with Crippen LogP contribution >= 0.6 is 23.5 Å².